The van der Waals surface area contributed by atoms with Crippen LogP contribution in [-0.4, -0.2) is 10.5 Å². The average molecular weight is 331 g/mol. The second kappa shape index (κ2) is 5.93. The van der Waals surface area contributed by atoms with Crippen molar-refractivity contribution in [3.63, 3.8) is 0 Å². The summed E-state index contributed by atoms with van der Waals surface area (Å²) in [7, 11) is 0. The van der Waals surface area contributed by atoms with Crippen molar-refractivity contribution >= 4 is 34.3 Å². The van der Waals surface area contributed by atoms with Crippen molar-refractivity contribution in [1.29, 1.82) is 0 Å². The van der Waals surface area contributed by atoms with Gasteiger partial charge in [-0.2, -0.15) is 0 Å². The highest BCUT2D eigenvalue weighted by molar-refractivity contribution is 6.31. The molecule has 3 rings (SSSR count). The molecule has 0 radical (unpaired) electrons. The molecule has 118 valence electrons. The SMILES string of the molecule is Cc1cc(C)cc(NC(=O)Cn2c(=O)oc3cc(Cl)ccc32)c1. The van der Waals surface area contributed by atoms with Gasteiger partial charge < -0.3 is 9.73 Å². The van der Waals surface area contributed by atoms with Crippen LogP contribution in [0.4, 0.5) is 5.69 Å². The topological polar surface area (TPSA) is 64.2 Å². The number of carbonyl (C=O) groups is 1. The van der Waals surface area contributed by atoms with Crippen LogP contribution in [0.25, 0.3) is 11.1 Å². The maximum atomic E-state index is 12.2. The molecule has 0 bridgehead atoms. The van der Waals surface area contributed by atoms with Gasteiger partial charge in [-0.1, -0.05) is 17.7 Å². The Labute approximate surface area is 137 Å². The fraction of sp³-hybridized carbons (Fsp3) is 0.176. The largest absolute Gasteiger partial charge is 0.420 e. The molecule has 0 aliphatic carbocycles. The zero-order valence-electron chi connectivity index (χ0n) is 12.7. The van der Waals surface area contributed by atoms with Crippen molar-refractivity contribution in [3.8, 4) is 0 Å². The quantitative estimate of drug-likeness (QED) is 0.799. The van der Waals surface area contributed by atoms with Crippen molar-refractivity contribution in [3.05, 3.63) is 63.1 Å². The lowest BCUT2D eigenvalue weighted by molar-refractivity contribution is -0.116. The number of oxazole rings is 1. The summed E-state index contributed by atoms with van der Waals surface area (Å²) in [6.07, 6.45) is 0. The Balaban J connectivity index is 1.85. The molecule has 0 saturated heterocycles. The van der Waals surface area contributed by atoms with E-state index in [0.717, 1.165) is 11.1 Å². The molecule has 0 spiro atoms. The maximum absolute atomic E-state index is 12.2. The molecule has 1 heterocycles. The summed E-state index contributed by atoms with van der Waals surface area (Å²) in [6.45, 7) is 3.79. The first-order chi connectivity index (χ1) is 10.9. The van der Waals surface area contributed by atoms with Gasteiger partial charge in [0, 0.05) is 16.8 Å². The van der Waals surface area contributed by atoms with Crippen molar-refractivity contribution in [2.24, 2.45) is 0 Å². The normalized spacial score (nSPS) is 10.9. The summed E-state index contributed by atoms with van der Waals surface area (Å²) in [5.74, 6) is -0.882. The molecule has 0 aliphatic rings. The van der Waals surface area contributed by atoms with Gasteiger partial charge in [-0.05, 0) is 49.2 Å². The van der Waals surface area contributed by atoms with Gasteiger partial charge in [0.25, 0.3) is 0 Å². The van der Waals surface area contributed by atoms with Gasteiger partial charge in [0.1, 0.15) is 6.54 Å². The lowest BCUT2D eigenvalue weighted by atomic mass is 10.1. The minimum Gasteiger partial charge on any atom is -0.408 e. The van der Waals surface area contributed by atoms with Crippen molar-refractivity contribution in [2.45, 2.75) is 20.4 Å². The van der Waals surface area contributed by atoms with Crippen LogP contribution >= 0.6 is 11.6 Å². The first kappa shape index (κ1) is 15.4. The molecule has 0 saturated carbocycles. The number of halogens is 1. The predicted molar refractivity (Wildman–Crippen MR) is 90.0 cm³/mol. The molecule has 0 unspecified atom stereocenters. The number of aromatic nitrogens is 1. The first-order valence-electron chi connectivity index (χ1n) is 7.09. The van der Waals surface area contributed by atoms with Crippen LogP contribution in [0, 0.1) is 13.8 Å². The first-order valence-corrected chi connectivity index (χ1v) is 7.47. The number of anilines is 1. The maximum Gasteiger partial charge on any atom is 0.420 e. The number of nitrogens with one attached hydrogen (secondary N) is 1. The van der Waals surface area contributed by atoms with Gasteiger partial charge in [0.15, 0.2) is 5.58 Å². The van der Waals surface area contributed by atoms with E-state index >= 15 is 0 Å². The Morgan fingerprint density at radius 2 is 1.87 bits per heavy atom. The lowest BCUT2D eigenvalue weighted by Gasteiger charge is -2.08. The lowest BCUT2D eigenvalue weighted by Crippen LogP contribution is -2.24. The van der Waals surface area contributed by atoms with E-state index in [-0.39, 0.29) is 12.5 Å². The van der Waals surface area contributed by atoms with Crippen LogP contribution in [0.3, 0.4) is 0 Å². The highest BCUT2D eigenvalue weighted by Gasteiger charge is 2.13. The van der Waals surface area contributed by atoms with E-state index in [0.29, 0.717) is 21.8 Å². The number of rotatable bonds is 3. The van der Waals surface area contributed by atoms with Crippen molar-refractivity contribution in [2.75, 3.05) is 5.32 Å². The molecule has 0 fully saturated rings. The molecule has 6 heteroatoms. The minimum atomic E-state index is -0.585. The summed E-state index contributed by atoms with van der Waals surface area (Å²) in [4.78, 5) is 24.1. The Kier molecular flexibility index (Phi) is 3.96. The zero-order valence-corrected chi connectivity index (χ0v) is 13.5. The fourth-order valence-corrected chi connectivity index (χ4v) is 2.74. The second-order valence-corrected chi connectivity index (χ2v) is 5.93. The third-order valence-electron chi connectivity index (χ3n) is 3.44. The number of benzene rings is 2. The number of hydrogen-bond acceptors (Lipinski definition) is 3. The molecule has 3 aromatic rings. The van der Waals surface area contributed by atoms with Crippen LogP contribution in [-0.2, 0) is 11.3 Å². The third kappa shape index (κ3) is 3.29. The van der Waals surface area contributed by atoms with E-state index in [4.69, 9.17) is 16.0 Å². The molecule has 2 aromatic carbocycles. The van der Waals surface area contributed by atoms with E-state index in [1.165, 1.54) is 4.57 Å². The van der Waals surface area contributed by atoms with E-state index in [2.05, 4.69) is 5.32 Å². The summed E-state index contributed by atoms with van der Waals surface area (Å²) in [5, 5.41) is 3.27. The van der Waals surface area contributed by atoms with Crippen LogP contribution < -0.4 is 11.1 Å². The van der Waals surface area contributed by atoms with Crippen molar-refractivity contribution < 1.29 is 9.21 Å². The van der Waals surface area contributed by atoms with E-state index in [1.54, 1.807) is 18.2 Å². The molecular weight excluding hydrogens is 316 g/mol. The number of amides is 1. The summed E-state index contributed by atoms with van der Waals surface area (Å²) in [5.41, 5.74) is 3.72. The third-order valence-corrected chi connectivity index (χ3v) is 3.67. The molecule has 0 aliphatic heterocycles. The van der Waals surface area contributed by atoms with Crippen LogP contribution in [0.15, 0.2) is 45.6 Å². The Morgan fingerprint density at radius 1 is 1.17 bits per heavy atom. The Bertz CT molecular complexity index is 936. The molecule has 23 heavy (non-hydrogen) atoms. The van der Waals surface area contributed by atoms with Gasteiger partial charge in [0.2, 0.25) is 5.91 Å². The van der Waals surface area contributed by atoms with Crippen molar-refractivity contribution in [1.82, 2.24) is 4.57 Å². The number of carbonyl (C=O) groups excluding carboxylic acids is 1. The Morgan fingerprint density at radius 3 is 2.57 bits per heavy atom. The van der Waals surface area contributed by atoms with Crippen LogP contribution in [0.2, 0.25) is 5.02 Å². The van der Waals surface area contributed by atoms with E-state index < -0.39 is 5.76 Å². The highest BCUT2D eigenvalue weighted by atomic mass is 35.5. The van der Waals surface area contributed by atoms with Crippen LogP contribution in [0.5, 0.6) is 0 Å². The van der Waals surface area contributed by atoms with Gasteiger partial charge in [-0.3, -0.25) is 9.36 Å². The summed E-state index contributed by atoms with van der Waals surface area (Å²) < 4.78 is 6.39. The summed E-state index contributed by atoms with van der Waals surface area (Å²) in [6, 6.07) is 10.6. The molecular formula is C17H15ClN2O3. The zero-order chi connectivity index (χ0) is 16.6. The molecule has 1 N–H and O–H groups in total. The van der Waals surface area contributed by atoms with E-state index in [1.807, 2.05) is 32.0 Å². The number of nitrogens with zero attached hydrogens (tertiary/aromatic N) is 1. The standard InChI is InChI=1S/C17H15ClN2O3/c1-10-5-11(2)7-13(6-10)19-16(21)9-20-14-4-3-12(18)8-15(14)23-17(20)22/h3-8H,9H2,1-2H3,(H,19,21). The number of fused-ring (bicyclic) bond motifs is 1. The molecule has 1 aromatic heterocycles. The van der Waals surface area contributed by atoms with Gasteiger partial charge in [0.05, 0.1) is 5.52 Å². The van der Waals surface area contributed by atoms with Gasteiger partial charge in [-0.15, -0.1) is 0 Å². The molecule has 1 amide bonds. The highest BCUT2D eigenvalue weighted by Crippen LogP contribution is 2.19. The minimum absolute atomic E-state index is 0.125. The fourth-order valence-electron chi connectivity index (χ4n) is 2.58. The molecule has 5 nitrogen and oxygen atoms in total. The van der Waals surface area contributed by atoms with Crippen LogP contribution in [0.1, 0.15) is 11.1 Å². The number of hydrogen-bond donors (Lipinski definition) is 1. The Hall–Kier alpha value is -2.53. The summed E-state index contributed by atoms with van der Waals surface area (Å²) >= 11 is 5.87. The number of aryl methyl sites for hydroxylation is 2. The average Bonchev–Trinajstić information content (AvgIpc) is 2.72. The van der Waals surface area contributed by atoms with E-state index in [9.17, 15) is 9.59 Å². The molecule has 0 atom stereocenters. The van der Waals surface area contributed by atoms with Gasteiger partial charge in [-0.25, -0.2) is 4.79 Å². The smallest absolute Gasteiger partial charge is 0.408 e. The van der Waals surface area contributed by atoms with Gasteiger partial charge >= 0.3 is 5.76 Å². The monoisotopic (exact) mass is 330 g/mol. The second-order valence-electron chi connectivity index (χ2n) is 5.49. The predicted octanol–water partition coefficient (Wildman–Crippen LogP) is 3.50.